The van der Waals surface area contributed by atoms with Crippen molar-refractivity contribution in [2.45, 2.75) is 48.5 Å². The molecule has 2 aromatic carbocycles. The quantitative estimate of drug-likeness (QED) is 0.426. The molecule has 0 saturated heterocycles. The van der Waals surface area contributed by atoms with Crippen LogP contribution in [0.15, 0.2) is 52.9 Å². The molecule has 0 N–H and O–H groups in total. The Morgan fingerprint density at radius 1 is 0.593 bits per heavy atom. The molecule has 0 fully saturated rings. The third-order valence-corrected chi connectivity index (χ3v) is 15.6. The van der Waals surface area contributed by atoms with Crippen molar-refractivity contribution in [1.82, 2.24) is 10.2 Å². The first-order valence-corrected chi connectivity index (χ1v) is 16.9. The van der Waals surface area contributed by atoms with Crippen molar-refractivity contribution in [3.8, 4) is 22.9 Å². The molecule has 0 bridgehead atoms. The Labute approximate surface area is 172 Å². The minimum atomic E-state index is -0.862. The summed E-state index contributed by atoms with van der Waals surface area (Å²) in [5.74, 6) is 1.20. The van der Waals surface area contributed by atoms with Crippen molar-refractivity contribution >= 4 is 38.0 Å². The fourth-order valence-electron chi connectivity index (χ4n) is 3.26. The van der Waals surface area contributed by atoms with Gasteiger partial charge in [0.05, 0.1) is 0 Å². The molecule has 0 radical (unpaired) electrons. The van der Waals surface area contributed by atoms with Crippen LogP contribution in [-0.4, -0.2) is 39.5 Å². The van der Waals surface area contributed by atoms with Gasteiger partial charge in [0.1, 0.15) is 0 Å². The first-order chi connectivity index (χ1) is 13.2. The van der Waals surface area contributed by atoms with E-state index in [1.165, 1.54) is 29.5 Å². The Morgan fingerprint density at radius 3 is 1.22 bits per heavy atom. The summed E-state index contributed by atoms with van der Waals surface area (Å²) in [5, 5.41) is 13.8. The molecule has 27 heavy (non-hydrogen) atoms. The predicted octanol–water partition coefficient (Wildman–Crippen LogP) is 4.89. The van der Waals surface area contributed by atoms with E-state index in [0.717, 1.165) is 11.1 Å². The van der Waals surface area contributed by atoms with E-state index in [1.807, 2.05) is 0 Å². The van der Waals surface area contributed by atoms with E-state index in [4.69, 9.17) is 4.42 Å². The van der Waals surface area contributed by atoms with Crippen molar-refractivity contribution < 1.29 is 4.42 Å². The molecular weight excluding hydrogens is 458 g/mol. The molecule has 3 nitrogen and oxygen atoms in total. The van der Waals surface area contributed by atoms with Crippen molar-refractivity contribution in [3.63, 3.8) is 0 Å². The van der Waals surface area contributed by atoms with E-state index >= 15 is 0 Å². The summed E-state index contributed by atoms with van der Waals surface area (Å²) in [5.41, 5.74) is 2.00. The first-order valence-electron chi connectivity index (χ1n) is 9.74. The molecule has 0 aliphatic carbocycles. The van der Waals surface area contributed by atoms with Crippen LogP contribution >= 0.6 is 0 Å². The summed E-state index contributed by atoms with van der Waals surface area (Å²) in [6.07, 6.45) is 0. The molecule has 0 aliphatic rings. The van der Waals surface area contributed by atoms with Crippen molar-refractivity contribution in [2.24, 2.45) is 0 Å². The van der Waals surface area contributed by atoms with E-state index in [1.54, 1.807) is 0 Å². The predicted molar refractivity (Wildman–Crippen MR) is 118 cm³/mol. The van der Waals surface area contributed by atoms with Gasteiger partial charge in [-0.15, -0.1) is 0 Å². The number of rotatable bonds is 8. The van der Waals surface area contributed by atoms with E-state index in [-0.39, 0.29) is 0 Å². The Hall–Kier alpha value is -1.30. The van der Waals surface area contributed by atoms with Gasteiger partial charge in [0.15, 0.2) is 0 Å². The maximum absolute atomic E-state index is 5.96. The zero-order valence-corrected chi connectivity index (χ0v) is 20.4. The standard InChI is InChI=1S/C22H28As2N2O/c1-5-23(6-2)19-13-9-17(10-14-19)21-25-26-22(27-21)18-11-15-20(16-12-18)24(7-3)8-4/h9-16H,5-8H2,1-4H3. The summed E-state index contributed by atoms with van der Waals surface area (Å²) in [6, 6.07) is 17.5. The molecule has 3 aromatic rings. The van der Waals surface area contributed by atoms with Gasteiger partial charge in [-0.1, -0.05) is 0 Å². The summed E-state index contributed by atoms with van der Waals surface area (Å²) < 4.78 is 9.01. The Kier molecular flexibility index (Phi) is 7.39. The summed E-state index contributed by atoms with van der Waals surface area (Å²) in [7, 11) is 0. The fourth-order valence-corrected chi connectivity index (χ4v) is 10.6. The third kappa shape index (κ3) is 4.76. The molecule has 0 atom stereocenters. The number of benzene rings is 2. The molecule has 0 aliphatic heterocycles. The van der Waals surface area contributed by atoms with Crippen LogP contribution in [0.1, 0.15) is 27.7 Å². The van der Waals surface area contributed by atoms with Crippen LogP contribution in [0, 0.1) is 0 Å². The minimum absolute atomic E-state index is 0.600. The average molecular weight is 486 g/mol. The van der Waals surface area contributed by atoms with Crippen LogP contribution in [0.4, 0.5) is 0 Å². The summed E-state index contributed by atoms with van der Waals surface area (Å²) in [4.78, 5) is 0. The topological polar surface area (TPSA) is 38.9 Å². The zero-order chi connectivity index (χ0) is 19.2. The molecular formula is C22H28As2N2O. The van der Waals surface area contributed by atoms with Gasteiger partial charge in [0.2, 0.25) is 0 Å². The number of hydrogen-bond donors (Lipinski definition) is 0. The van der Waals surface area contributed by atoms with Gasteiger partial charge in [-0.2, -0.15) is 0 Å². The SMILES string of the molecule is CC[As](CC)c1ccc(-c2nnc(-c3ccc([As](CC)CC)cc3)o2)cc1. The van der Waals surface area contributed by atoms with E-state index in [0.29, 0.717) is 11.8 Å². The van der Waals surface area contributed by atoms with Crippen LogP contribution in [0.5, 0.6) is 0 Å². The molecule has 3 rings (SSSR count). The van der Waals surface area contributed by atoms with Gasteiger partial charge < -0.3 is 0 Å². The molecule has 0 saturated carbocycles. The molecule has 1 aromatic heterocycles. The Balaban J connectivity index is 1.78. The average Bonchev–Trinajstić information content (AvgIpc) is 3.21. The second-order valence-corrected chi connectivity index (χ2v) is 18.4. The van der Waals surface area contributed by atoms with Gasteiger partial charge in [-0.3, -0.25) is 0 Å². The van der Waals surface area contributed by atoms with Crippen molar-refractivity contribution in [2.75, 3.05) is 0 Å². The number of aromatic nitrogens is 2. The zero-order valence-electron chi connectivity index (χ0n) is 16.6. The van der Waals surface area contributed by atoms with Crippen molar-refractivity contribution in [1.29, 1.82) is 0 Å². The van der Waals surface area contributed by atoms with Gasteiger partial charge >= 0.3 is 173 Å². The van der Waals surface area contributed by atoms with Crippen LogP contribution < -0.4 is 8.70 Å². The van der Waals surface area contributed by atoms with E-state index in [2.05, 4.69) is 86.4 Å². The van der Waals surface area contributed by atoms with Crippen molar-refractivity contribution in [3.05, 3.63) is 48.5 Å². The molecule has 5 heteroatoms. The van der Waals surface area contributed by atoms with E-state index < -0.39 is 29.3 Å². The van der Waals surface area contributed by atoms with Gasteiger partial charge in [-0.05, 0) is 0 Å². The van der Waals surface area contributed by atoms with Crippen LogP contribution in [0.3, 0.4) is 0 Å². The van der Waals surface area contributed by atoms with Gasteiger partial charge in [-0.25, -0.2) is 0 Å². The number of nitrogens with zero attached hydrogens (tertiary/aromatic N) is 2. The molecule has 0 unspecified atom stereocenters. The Bertz CT molecular complexity index is 766. The maximum atomic E-state index is 5.96. The van der Waals surface area contributed by atoms with Gasteiger partial charge in [0.25, 0.3) is 0 Å². The number of hydrogen-bond acceptors (Lipinski definition) is 3. The summed E-state index contributed by atoms with van der Waals surface area (Å²) in [6.45, 7) is 9.22. The molecule has 0 amide bonds. The van der Waals surface area contributed by atoms with Crippen LogP contribution in [0.25, 0.3) is 22.9 Å². The second kappa shape index (κ2) is 9.76. The van der Waals surface area contributed by atoms with Crippen LogP contribution in [-0.2, 0) is 0 Å². The third-order valence-electron chi connectivity index (χ3n) is 4.91. The fraction of sp³-hybridized carbons (Fsp3) is 0.364. The second-order valence-electron chi connectivity index (χ2n) is 6.35. The molecule has 142 valence electrons. The summed E-state index contributed by atoms with van der Waals surface area (Å²) >= 11 is -1.72. The van der Waals surface area contributed by atoms with Crippen LogP contribution in [0.2, 0.25) is 20.8 Å². The monoisotopic (exact) mass is 486 g/mol. The van der Waals surface area contributed by atoms with Gasteiger partial charge in [0, 0.05) is 0 Å². The normalized spacial score (nSPS) is 11.5. The first kappa shape index (κ1) is 20.4. The molecule has 1 heterocycles. The van der Waals surface area contributed by atoms with E-state index in [9.17, 15) is 0 Å². The Morgan fingerprint density at radius 2 is 0.926 bits per heavy atom. The molecule has 0 spiro atoms.